The van der Waals surface area contributed by atoms with E-state index in [1.165, 1.54) is 27.0 Å². The maximum atomic E-state index is 13.0. The molecule has 1 N–H and O–H groups in total. The monoisotopic (exact) mass is 541 g/mol. The highest BCUT2D eigenvalue weighted by Crippen LogP contribution is 2.32. The van der Waals surface area contributed by atoms with Gasteiger partial charge in [-0.25, -0.2) is 4.79 Å². The fraction of sp³-hybridized carbons (Fsp3) is 0.179. The third-order valence-corrected chi connectivity index (χ3v) is 5.77. The Kier molecular flexibility index (Phi) is 9.33. The number of carbonyl (C=O) groups excluding carboxylic acids is 3. The van der Waals surface area contributed by atoms with Gasteiger partial charge in [0.2, 0.25) is 0 Å². The van der Waals surface area contributed by atoms with E-state index in [1.807, 2.05) is 24.3 Å². The molecule has 0 aliphatic heterocycles. The molecule has 0 saturated heterocycles. The van der Waals surface area contributed by atoms with Gasteiger partial charge in [-0.3, -0.25) is 9.59 Å². The molecule has 9 heteroatoms. The van der Waals surface area contributed by atoms with E-state index in [0.29, 0.717) is 21.4 Å². The first-order chi connectivity index (χ1) is 17.6. The summed E-state index contributed by atoms with van der Waals surface area (Å²) in [6, 6.07) is 17.7. The Morgan fingerprint density at radius 1 is 0.838 bits per heavy atom. The average molecular weight is 542 g/mol. The summed E-state index contributed by atoms with van der Waals surface area (Å²) in [5, 5.41) is 3.71. The van der Waals surface area contributed by atoms with E-state index in [4.69, 9.17) is 37.4 Å². The van der Waals surface area contributed by atoms with Crippen LogP contribution in [0.5, 0.6) is 11.5 Å². The van der Waals surface area contributed by atoms with Gasteiger partial charge in [0.05, 0.1) is 12.7 Å². The molecule has 3 aromatic rings. The molecule has 192 valence electrons. The summed E-state index contributed by atoms with van der Waals surface area (Å²) >= 11 is 12.1. The van der Waals surface area contributed by atoms with Crippen molar-refractivity contribution in [1.29, 1.82) is 0 Å². The van der Waals surface area contributed by atoms with Gasteiger partial charge in [-0.15, -0.1) is 0 Å². The number of ether oxygens (including phenoxy) is 3. The summed E-state index contributed by atoms with van der Waals surface area (Å²) in [5.41, 5.74) is 2.24. The maximum Gasteiger partial charge on any atom is 0.333 e. The topological polar surface area (TPSA) is 90.9 Å². The molecule has 0 aliphatic rings. The van der Waals surface area contributed by atoms with Crippen molar-refractivity contribution < 1.29 is 28.6 Å². The molecule has 0 saturated carbocycles. The minimum atomic E-state index is -1.03. The number of esters is 2. The van der Waals surface area contributed by atoms with Gasteiger partial charge in [-0.05, 0) is 61.4 Å². The summed E-state index contributed by atoms with van der Waals surface area (Å²) < 4.78 is 16.0. The molecular formula is C28H25Cl2NO6. The highest BCUT2D eigenvalue weighted by atomic mass is 35.5. The van der Waals surface area contributed by atoms with Gasteiger partial charge in [0.1, 0.15) is 11.8 Å². The second-order valence-electron chi connectivity index (χ2n) is 7.99. The number of carbonyl (C=O) groups is 3. The standard InChI is InChI=1S/C28H25Cl2NO6/c1-16(31-27(33)23-6-5-7-24(35-4)26(23)37-18(3)32)28(34)36-17(2)25(19-8-12-21(29)13-9-19)20-10-14-22(30)15-11-20/h5-16H,1-4H3,(H,31,33)/t16-/m0/s1. The molecule has 0 fully saturated rings. The first-order valence-corrected chi connectivity index (χ1v) is 12.0. The average Bonchev–Trinajstić information content (AvgIpc) is 2.86. The zero-order valence-corrected chi connectivity index (χ0v) is 22.1. The first kappa shape index (κ1) is 27.8. The second kappa shape index (κ2) is 12.4. The summed E-state index contributed by atoms with van der Waals surface area (Å²) in [7, 11) is 1.39. The molecule has 0 heterocycles. The van der Waals surface area contributed by atoms with Crippen LogP contribution in [-0.4, -0.2) is 31.0 Å². The largest absolute Gasteiger partial charge is 0.493 e. The van der Waals surface area contributed by atoms with Crippen LogP contribution in [0.15, 0.2) is 72.5 Å². The predicted molar refractivity (Wildman–Crippen MR) is 142 cm³/mol. The third-order valence-electron chi connectivity index (χ3n) is 5.26. The van der Waals surface area contributed by atoms with Gasteiger partial charge >= 0.3 is 11.9 Å². The molecule has 1 amide bonds. The lowest BCUT2D eigenvalue weighted by atomic mass is 9.97. The summed E-state index contributed by atoms with van der Waals surface area (Å²) in [6.07, 6.45) is 0. The van der Waals surface area contributed by atoms with Gasteiger partial charge < -0.3 is 19.5 Å². The summed E-state index contributed by atoms with van der Waals surface area (Å²) in [4.78, 5) is 37.5. The number of para-hydroxylation sites is 1. The van der Waals surface area contributed by atoms with Crippen molar-refractivity contribution in [2.45, 2.75) is 26.8 Å². The Morgan fingerprint density at radius 2 is 1.38 bits per heavy atom. The molecule has 1 atom stereocenters. The summed E-state index contributed by atoms with van der Waals surface area (Å²) in [5.74, 6) is -1.48. The molecule has 3 rings (SSSR count). The van der Waals surface area contributed by atoms with Crippen LogP contribution in [0.1, 0.15) is 42.3 Å². The van der Waals surface area contributed by atoms with E-state index in [1.54, 1.807) is 43.3 Å². The zero-order chi connectivity index (χ0) is 27.1. The van der Waals surface area contributed by atoms with Gasteiger partial charge in [0, 0.05) is 22.5 Å². The molecular weight excluding hydrogens is 517 g/mol. The van der Waals surface area contributed by atoms with Gasteiger partial charge in [-0.2, -0.15) is 0 Å². The lowest BCUT2D eigenvalue weighted by molar-refractivity contribution is -0.141. The van der Waals surface area contributed by atoms with Crippen molar-refractivity contribution in [1.82, 2.24) is 5.32 Å². The van der Waals surface area contributed by atoms with Gasteiger partial charge in [0.25, 0.3) is 5.91 Å². The number of hydrogen-bond acceptors (Lipinski definition) is 6. The number of halogens is 2. The number of hydrogen-bond donors (Lipinski definition) is 1. The van der Waals surface area contributed by atoms with E-state index in [0.717, 1.165) is 11.1 Å². The highest BCUT2D eigenvalue weighted by molar-refractivity contribution is 6.31. The third kappa shape index (κ3) is 7.12. The molecule has 7 nitrogen and oxygen atoms in total. The zero-order valence-electron chi connectivity index (χ0n) is 20.6. The van der Waals surface area contributed by atoms with Crippen LogP contribution in [0.25, 0.3) is 5.57 Å². The smallest absolute Gasteiger partial charge is 0.333 e. The quantitative estimate of drug-likeness (QED) is 0.211. The molecule has 0 aromatic heterocycles. The Morgan fingerprint density at radius 3 is 1.86 bits per heavy atom. The minimum absolute atomic E-state index is 0.0319. The molecule has 3 aromatic carbocycles. The van der Waals surface area contributed by atoms with Crippen LogP contribution >= 0.6 is 23.2 Å². The normalized spacial score (nSPS) is 11.2. The molecule has 0 aliphatic carbocycles. The van der Waals surface area contributed by atoms with Crippen molar-refractivity contribution in [3.63, 3.8) is 0 Å². The lowest BCUT2D eigenvalue weighted by Crippen LogP contribution is -2.39. The Hall–Kier alpha value is -3.81. The fourth-order valence-electron chi connectivity index (χ4n) is 3.53. The summed E-state index contributed by atoms with van der Waals surface area (Å²) in [6.45, 7) is 4.36. The lowest BCUT2D eigenvalue weighted by Gasteiger charge is -2.18. The molecule has 0 bridgehead atoms. The minimum Gasteiger partial charge on any atom is -0.493 e. The predicted octanol–water partition coefficient (Wildman–Crippen LogP) is 6.07. The van der Waals surface area contributed by atoms with Crippen molar-refractivity contribution >= 4 is 46.6 Å². The number of methoxy groups -OCH3 is 1. The Bertz CT molecular complexity index is 1290. The van der Waals surface area contributed by atoms with E-state index in [9.17, 15) is 14.4 Å². The Labute approximate surface area is 224 Å². The Balaban J connectivity index is 1.86. The van der Waals surface area contributed by atoms with Crippen LogP contribution in [0, 0.1) is 0 Å². The number of rotatable bonds is 8. The van der Waals surface area contributed by atoms with E-state index >= 15 is 0 Å². The van der Waals surface area contributed by atoms with E-state index in [2.05, 4.69) is 5.32 Å². The number of amides is 1. The van der Waals surface area contributed by atoms with E-state index in [-0.39, 0.29) is 17.1 Å². The van der Waals surface area contributed by atoms with Crippen LogP contribution in [0.3, 0.4) is 0 Å². The van der Waals surface area contributed by atoms with Crippen molar-refractivity contribution in [3.8, 4) is 11.5 Å². The fourth-order valence-corrected chi connectivity index (χ4v) is 3.79. The molecule has 0 radical (unpaired) electrons. The number of benzene rings is 3. The molecule has 0 unspecified atom stereocenters. The van der Waals surface area contributed by atoms with Gasteiger partial charge in [0.15, 0.2) is 11.5 Å². The SMILES string of the molecule is COc1cccc(C(=O)N[C@@H](C)C(=O)OC(C)=C(c2ccc(Cl)cc2)c2ccc(Cl)cc2)c1OC(C)=O. The van der Waals surface area contributed by atoms with Crippen LogP contribution in [0.4, 0.5) is 0 Å². The van der Waals surface area contributed by atoms with Gasteiger partial charge in [-0.1, -0.05) is 53.5 Å². The van der Waals surface area contributed by atoms with Crippen LogP contribution in [0.2, 0.25) is 10.0 Å². The first-order valence-electron chi connectivity index (χ1n) is 11.2. The number of nitrogens with one attached hydrogen (secondary N) is 1. The second-order valence-corrected chi connectivity index (χ2v) is 8.86. The van der Waals surface area contributed by atoms with Crippen LogP contribution in [-0.2, 0) is 14.3 Å². The maximum absolute atomic E-state index is 13.0. The van der Waals surface area contributed by atoms with Crippen molar-refractivity contribution in [2.75, 3.05) is 7.11 Å². The molecule has 37 heavy (non-hydrogen) atoms. The van der Waals surface area contributed by atoms with Crippen molar-refractivity contribution in [2.24, 2.45) is 0 Å². The highest BCUT2D eigenvalue weighted by Gasteiger charge is 2.24. The van der Waals surface area contributed by atoms with Crippen LogP contribution < -0.4 is 14.8 Å². The molecule has 0 spiro atoms. The number of allylic oxidation sites excluding steroid dienone is 1. The van der Waals surface area contributed by atoms with Crippen molar-refractivity contribution in [3.05, 3.63) is 99.2 Å². The van der Waals surface area contributed by atoms with E-state index < -0.39 is 23.9 Å².